The van der Waals surface area contributed by atoms with Gasteiger partial charge in [0.1, 0.15) is 0 Å². The second-order valence-electron chi connectivity index (χ2n) is 2.60. The van der Waals surface area contributed by atoms with Crippen LogP contribution in [-0.2, 0) is 0 Å². The fourth-order valence-electron chi connectivity index (χ4n) is 0.845. The molecule has 2 aromatic heterocycles. The highest BCUT2D eigenvalue weighted by molar-refractivity contribution is 5.08. The molecule has 0 atom stereocenters. The number of rotatable bonds is 1. The van der Waals surface area contributed by atoms with Gasteiger partial charge in [0.25, 0.3) is 0 Å². The van der Waals surface area contributed by atoms with E-state index in [2.05, 4.69) is 9.97 Å². The molecule has 78 valence electrons. The van der Waals surface area contributed by atoms with E-state index in [-0.39, 0.29) is 5.56 Å². The molecule has 0 spiro atoms. The van der Waals surface area contributed by atoms with Crippen molar-refractivity contribution in [1.82, 2.24) is 9.97 Å². The molecule has 0 amide bonds. The summed E-state index contributed by atoms with van der Waals surface area (Å²) in [6.07, 6.45) is 3.29. The van der Waals surface area contributed by atoms with E-state index < -0.39 is 0 Å². The van der Waals surface area contributed by atoms with Crippen LogP contribution in [0.2, 0.25) is 0 Å². The summed E-state index contributed by atoms with van der Waals surface area (Å²) in [6.45, 7) is 0. The first-order valence-electron chi connectivity index (χ1n) is 4.41. The third-order valence-electron chi connectivity index (χ3n) is 1.53. The van der Waals surface area contributed by atoms with Gasteiger partial charge in [0, 0.05) is 24.5 Å². The molecule has 15 heavy (non-hydrogen) atoms. The normalized spacial score (nSPS) is 8.60. The summed E-state index contributed by atoms with van der Waals surface area (Å²) in [7, 11) is 1.60. The number of aromatic nitrogens is 2. The molecule has 0 unspecified atom stereocenters. The molecule has 0 aliphatic heterocycles. The quantitative estimate of drug-likeness (QED) is 0.765. The number of H-pyrrole nitrogens is 1. The number of methoxy groups -OCH3 is 1. The van der Waals surface area contributed by atoms with Crippen molar-refractivity contribution in [3.05, 3.63) is 59.1 Å². The van der Waals surface area contributed by atoms with Gasteiger partial charge in [0.15, 0.2) is 0 Å². The van der Waals surface area contributed by atoms with Crippen LogP contribution in [0, 0.1) is 0 Å². The average molecular weight is 204 g/mol. The molecule has 4 heteroatoms. The standard InChI is InChI=1S/C6H7NO.C5H5NO/c1-8-6-4-2-3-5-7-6;7-5-3-1-2-4-6-5/h2-5H,1H3;1-4H,(H,6,7). The minimum Gasteiger partial charge on any atom is -0.481 e. The molecule has 2 rings (SSSR count). The Morgan fingerprint density at radius 2 is 2.00 bits per heavy atom. The number of nitrogens with one attached hydrogen (secondary N) is 1. The van der Waals surface area contributed by atoms with Crippen molar-refractivity contribution >= 4 is 0 Å². The highest BCUT2D eigenvalue weighted by atomic mass is 16.5. The van der Waals surface area contributed by atoms with Crippen LogP contribution in [-0.4, -0.2) is 17.1 Å². The van der Waals surface area contributed by atoms with E-state index in [0.29, 0.717) is 5.88 Å². The van der Waals surface area contributed by atoms with Gasteiger partial charge in [-0.15, -0.1) is 0 Å². The molecule has 2 heterocycles. The van der Waals surface area contributed by atoms with Gasteiger partial charge < -0.3 is 9.72 Å². The van der Waals surface area contributed by atoms with Gasteiger partial charge in [-0.1, -0.05) is 12.1 Å². The summed E-state index contributed by atoms with van der Waals surface area (Å²) < 4.78 is 4.80. The minimum atomic E-state index is -0.0532. The van der Waals surface area contributed by atoms with Gasteiger partial charge in [-0.3, -0.25) is 4.79 Å². The number of hydrogen-bond donors (Lipinski definition) is 1. The van der Waals surface area contributed by atoms with Crippen LogP contribution in [0.25, 0.3) is 0 Å². The predicted molar refractivity (Wildman–Crippen MR) is 57.9 cm³/mol. The zero-order chi connectivity index (χ0) is 10.9. The number of pyridine rings is 2. The maximum absolute atomic E-state index is 10.2. The lowest BCUT2D eigenvalue weighted by Gasteiger charge is -1.92. The van der Waals surface area contributed by atoms with Crippen molar-refractivity contribution < 1.29 is 4.74 Å². The van der Waals surface area contributed by atoms with Crippen molar-refractivity contribution in [3.8, 4) is 5.88 Å². The topological polar surface area (TPSA) is 55.0 Å². The summed E-state index contributed by atoms with van der Waals surface area (Å²) >= 11 is 0. The first kappa shape index (κ1) is 11.0. The van der Waals surface area contributed by atoms with Crippen LogP contribution in [0.15, 0.2) is 53.6 Å². The van der Waals surface area contributed by atoms with Gasteiger partial charge >= 0.3 is 0 Å². The molecule has 0 saturated carbocycles. The van der Waals surface area contributed by atoms with E-state index in [1.807, 2.05) is 12.1 Å². The van der Waals surface area contributed by atoms with E-state index in [9.17, 15) is 4.79 Å². The maximum atomic E-state index is 10.2. The Hall–Kier alpha value is -2.10. The zero-order valence-electron chi connectivity index (χ0n) is 8.38. The Bertz CT molecular complexity index is 408. The molecule has 4 nitrogen and oxygen atoms in total. The van der Waals surface area contributed by atoms with E-state index in [1.165, 1.54) is 6.07 Å². The zero-order valence-corrected chi connectivity index (χ0v) is 8.38. The molecule has 0 aliphatic carbocycles. The monoisotopic (exact) mass is 204 g/mol. The van der Waals surface area contributed by atoms with Gasteiger partial charge in [-0.05, 0) is 12.1 Å². The molecular weight excluding hydrogens is 192 g/mol. The van der Waals surface area contributed by atoms with Gasteiger partial charge in [-0.2, -0.15) is 0 Å². The minimum absolute atomic E-state index is 0.0532. The van der Waals surface area contributed by atoms with Gasteiger partial charge in [0.2, 0.25) is 11.4 Å². The van der Waals surface area contributed by atoms with Crippen LogP contribution in [0.3, 0.4) is 0 Å². The lowest BCUT2D eigenvalue weighted by molar-refractivity contribution is 0.398. The lowest BCUT2D eigenvalue weighted by Crippen LogP contribution is -1.98. The second kappa shape index (κ2) is 6.37. The molecule has 0 aromatic carbocycles. The number of hydrogen-bond acceptors (Lipinski definition) is 3. The Balaban J connectivity index is 0.000000151. The third kappa shape index (κ3) is 4.61. The molecule has 0 radical (unpaired) electrons. The third-order valence-corrected chi connectivity index (χ3v) is 1.53. The largest absolute Gasteiger partial charge is 0.481 e. The van der Waals surface area contributed by atoms with E-state index in [4.69, 9.17) is 4.74 Å². The van der Waals surface area contributed by atoms with Crippen molar-refractivity contribution in [2.24, 2.45) is 0 Å². The molecule has 2 aromatic rings. The number of nitrogens with zero attached hydrogens (tertiary/aromatic N) is 1. The summed E-state index contributed by atoms with van der Waals surface area (Å²) in [5.41, 5.74) is -0.0532. The second-order valence-corrected chi connectivity index (χ2v) is 2.60. The molecule has 0 bridgehead atoms. The van der Waals surface area contributed by atoms with Crippen LogP contribution in [0.1, 0.15) is 0 Å². The fourth-order valence-corrected chi connectivity index (χ4v) is 0.845. The molecule has 1 N–H and O–H groups in total. The lowest BCUT2D eigenvalue weighted by atomic mass is 10.5. The smallest absolute Gasteiger partial charge is 0.247 e. The maximum Gasteiger partial charge on any atom is 0.247 e. The first-order valence-corrected chi connectivity index (χ1v) is 4.41. The van der Waals surface area contributed by atoms with Crippen molar-refractivity contribution in [2.45, 2.75) is 0 Å². The molecule has 0 saturated heterocycles. The molecule has 0 fully saturated rings. The summed E-state index contributed by atoms with van der Waals surface area (Å²) in [4.78, 5) is 16.6. The fraction of sp³-hybridized carbons (Fsp3) is 0.0909. The van der Waals surface area contributed by atoms with E-state index in [1.54, 1.807) is 37.7 Å². The molecule has 0 aliphatic rings. The average Bonchev–Trinajstić information content (AvgIpc) is 2.32. The predicted octanol–water partition coefficient (Wildman–Crippen LogP) is 1.47. The van der Waals surface area contributed by atoms with Gasteiger partial charge in [0.05, 0.1) is 7.11 Å². The van der Waals surface area contributed by atoms with E-state index >= 15 is 0 Å². The van der Waals surface area contributed by atoms with Crippen LogP contribution >= 0.6 is 0 Å². The summed E-state index contributed by atoms with van der Waals surface area (Å²) in [5.74, 6) is 0.660. The summed E-state index contributed by atoms with van der Waals surface area (Å²) in [6, 6.07) is 10.5. The SMILES string of the molecule is COc1ccccn1.O=c1cccc[nH]1. The highest BCUT2D eigenvalue weighted by Crippen LogP contribution is 1.99. The van der Waals surface area contributed by atoms with Crippen LogP contribution in [0.5, 0.6) is 5.88 Å². The Morgan fingerprint density at radius 3 is 2.33 bits per heavy atom. The number of ether oxygens (including phenoxy) is 1. The highest BCUT2D eigenvalue weighted by Gasteiger charge is 1.82. The molecular formula is C11H12N2O2. The van der Waals surface area contributed by atoms with Gasteiger partial charge in [-0.25, -0.2) is 4.98 Å². The van der Waals surface area contributed by atoms with Crippen LogP contribution in [0.4, 0.5) is 0 Å². The number of aromatic amines is 1. The summed E-state index contributed by atoms with van der Waals surface area (Å²) in [5, 5.41) is 0. The first-order chi connectivity index (χ1) is 7.33. The van der Waals surface area contributed by atoms with E-state index in [0.717, 1.165) is 0 Å². The van der Waals surface area contributed by atoms with Crippen LogP contribution < -0.4 is 10.3 Å². The Labute approximate surface area is 87.6 Å². The van der Waals surface area contributed by atoms with Crippen molar-refractivity contribution in [1.29, 1.82) is 0 Å². The Kier molecular flexibility index (Phi) is 4.66. The Morgan fingerprint density at radius 1 is 1.20 bits per heavy atom. The van der Waals surface area contributed by atoms with Crippen molar-refractivity contribution in [3.63, 3.8) is 0 Å². The van der Waals surface area contributed by atoms with Crippen molar-refractivity contribution in [2.75, 3.05) is 7.11 Å².